The molecule has 0 radical (unpaired) electrons. The van der Waals surface area contributed by atoms with Crippen molar-refractivity contribution in [3.63, 3.8) is 0 Å². The van der Waals surface area contributed by atoms with Crippen molar-refractivity contribution in [1.29, 1.82) is 0 Å². The average molecular weight is 364 g/mol. The largest absolute Gasteiger partial charge is 0.310 e. The zero-order chi connectivity index (χ0) is 14.4. The number of hydrogen-bond donors (Lipinski definition) is 1. The van der Waals surface area contributed by atoms with Gasteiger partial charge in [0.2, 0.25) is 0 Å². The molecule has 1 nitrogen and oxygen atoms in total. The molecule has 2 aromatic rings. The first-order valence-corrected chi connectivity index (χ1v) is 9.87. The molecule has 2 saturated carbocycles. The van der Waals surface area contributed by atoms with Gasteiger partial charge >= 0.3 is 0 Å². The van der Waals surface area contributed by atoms with Gasteiger partial charge in [0.25, 0.3) is 0 Å². The first-order chi connectivity index (χ1) is 10.3. The molecule has 0 aliphatic heterocycles. The predicted molar refractivity (Wildman–Crippen MR) is 94.9 cm³/mol. The van der Waals surface area contributed by atoms with Crippen LogP contribution in [0.2, 0.25) is 0 Å². The summed E-state index contributed by atoms with van der Waals surface area (Å²) in [5, 5.41) is 7.72. The third kappa shape index (κ3) is 2.38. The summed E-state index contributed by atoms with van der Waals surface area (Å²) < 4.78 is 2.64. The number of benzene rings is 1. The smallest absolute Gasteiger partial charge is 0.0488 e. The van der Waals surface area contributed by atoms with Crippen LogP contribution in [0, 0.1) is 17.8 Å². The summed E-state index contributed by atoms with van der Waals surface area (Å²) in [5.41, 5.74) is 1.55. The Hall–Kier alpha value is -0.380. The van der Waals surface area contributed by atoms with Crippen molar-refractivity contribution in [2.75, 3.05) is 6.54 Å². The lowest BCUT2D eigenvalue weighted by molar-refractivity contribution is 0.420. The highest BCUT2D eigenvalue weighted by Crippen LogP contribution is 2.62. The van der Waals surface area contributed by atoms with E-state index in [9.17, 15) is 0 Å². The van der Waals surface area contributed by atoms with E-state index in [4.69, 9.17) is 0 Å². The van der Waals surface area contributed by atoms with Gasteiger partial charge in [-0.2, -0.15) is 0 Å². The first-order valence-electron chi connectivity index (χ1n) is 8.20. The lowest BCUT2D eigenvalue weighted by atomic mass is 9.96. The van der Waals surface area contributed by atoms with Crippen molar-refractivity contribution < 1.29 is 0 Å². The minimum Gasteiger partial charge on any atom is -0.310 e. The summed E-state index contributed by atoms with van der Waals surface area (Å²) in [6.45, 7) is 3.39. The van der Waals surface area contributed by atoms with Crippen LogP contribution in [0.15, 0.2) is 28.1 Å². The van der Waals surface area contributed by atoms with Gasteiger partial charge in [-0.05, 0) is 81.9 Å². The third-order valence-electron chi connectivity index (χ3n) is 5.39. The van der Waals surface area contributed by atoms with Gasteiger partial charge in [0, 0.05) is 15.2 Å². The Kier molecular flexibility index (Phi) is 3.85. The Balaban J connectivity index is 1.70. The maximum atomic E-state index is 3.87. The quantitative estimate of drug-likeness (QED) is 0.712. The van der Waals surface area contributed by atoms with Crippen LogP contribution in [-0.4, -0.2) is 6.54 Å². The minimum atomic E-state index is 0.572. The second-order valence-electron chi connectivity index (χ2n) is 6.58. The molecule has 0 bridgehead atoms. The van der Waals surface area contributed by atoms with E-state index in [0.29, 0.717) is 6.04 Å². The molecule has 2 fully saturated rings. The number of halogens is 1. The maximum absolute atomic E-state index is 3.87. The van der Waals surface area contributed by atoms with E-state index in [1.165, 1.54) is 40.2 Å². The normalized spacial score (nSPS) is 28.8. The van der Waals surface area contributed by atoms with E-state index in [1.54, 1.807) is 5.56 Å². The fourth-order valence-electron chi connectivity index (χ4n) is 4.41. The minimum absolute atomic E-state index is 0.572. The van der Waals surface area contributed by atoms with E-state index in [-0.39, 0.29) is 0 Å². The zero-order valence-electron chi connectivity index (χ0n) is 12.4. The van der Waals surface area contributed by atoms with Crippen LogP contribution in [0.4, 0.5) is 0 Å². The Morgan fingerprint density at radius 3 is 2.90 bits per heavy atom. The molecule has 1 aromatic heterocycles. The number of rotatable bonds is 5. The highest BCUT2D eigenvalue weighted by molar-refractivity contribution is 9.10. The van der Waals surface area contributed by atoms with Crippen molar-refractivity contribution in [3.8, 4) is 0 Å². The molecule has 3 unspecified atom stereocenters. The maximum Gasteiger partial charge on any atom is 0.0488 e. The third-order valence-corrected chi connectivity index (χ3v) is 7.36. The number of fused-ring (bicyclic) bond motifs is 2. The number of hydrogen-bond acceptors (Lipinski definition) is 2. The molecule has 2 aliphatic carbocycles. The SMILES string of the molecule is CCCNC(c1csc2c(Br)cccc12)C1C2CCCC21. The van der Waals surface area contributed by atoms with Crippen molar-refractivity contribution in [1.82, 2.24) is 5.32 Å². The fraction of sp³-hybridized carbons (Fsp3) is 0.556. The van der Waals surface area contributed by atoms with Gasteiger partial charge in [-0.25, -0.2) is 0 Å². The van der Waals surface area contributed by atoms with Crippen LogP contribution in [0.3, 0.4) is 0 Å². The van der Waals surface area contributed by atoms with Crippen LogP contribution >= 0.6 is 27.3 Å². The van der Waals surface area contributed by atoms with Crippen LogP contribution in [0.1, 0.15) is 44.2 Å². The Bertz CT molecular complexity index is 640. The monoisotopic (exact) mass is 363 g/mol. The predicted octanol–water partition coefficient (Wildman–Crippen LogP) is 5.75. The summed E-state index contributed by atoms with van der Waals surface area (Å²) in [4.78, 5) is 0. The number of nitrogens with one attached hydrogen (secondary N) is 1. The molecule has 4 rings (SSSR count). The Morgan fingerprint density at radius 1 is 1.33 bits per heavy atom. The highest BCUT2D eigenvalue weighted by Gasteiger charge is 2.56. The second-order valence-corrected chi connectivity index (χ2v) is 8.31. The van der Waals surface area contributed by atoms with Crippen molar-refractivity contribution >= 4 is 37.4 Å². The molecular weight excluding hydrogens is 342 g/mol. The van der Waals surface area contributed by atoms with Gasteiger partial charge in [0.15, 0.2) is 0 Å². The molecular formula is C18H22BrNS. The van der Waals surface area contributed by atoms with Gasteiger partial charge in [-0.15, -0.1) is 11.3 Å². The van der Waals surface area contributed by atoms with Crippen LogP contribution in [-0.2, 0) is 0 Å². The molecule has 0 amide bonds. The van der Waals surface area contributed by atoms with Crippen molar-refractivity contribution in [2.45, 2.75) is 38.6 Å². The molecule has 1 aromatic carbocycles. The van der Waals surface area contributed by atoms with E-state index >= 15 is 0 Å². The Labute approximate surface area is 139 Å². The lowest BCUT2D eigenvalue weighted by Gasteiger charge is -2.20. The standard InChI is InChI=1S/C18H22BrNS/c1-2-9-20-17(16-11-5-3-6-12(11)16)14-10-21-18-13(14)7-4-8-15(18)19/h4,7-8,10-12,16-17,20H,2-3,5-6,9H2,1H3. The Morgan fingerprint density at radius 2 is 2.14 bits per heavy atom. The second kappa shape index (κ2) is 5.68. The van der Waals surface area contributed by atoms with Gasteiger partial charge in [-0.1, -0.05) is 25.5 Å². The fourth-order valence-corrected chi connectivity index (χ4v) is 6.07. The van der Waals surface area contributed by atoms with Crippen LogP contribution in [0.25, 0.3) is 10.1 Å². The van der Waals surface area contributed by atoms with E-state index in [2.05, 4.69) is 51.7 Å². The van der Waals surface area contributed by atoms with Crippen LogP contribution in [0.5, 0.6) is 0 Å². The summed E-state index contributed by atoms with van der Waals surface area (Å²) in [5.74, 6) is 2.89. The number of thiophene rings is 1. The summed E-state index contributed by atoms with van der Waals surface area (Å²) in [6, 6.07) is 7.20. The van der Waals surface area contributed by atoms with Gasteiger partial charge in [0.1, 0.15) is 0 Å². The van der Waals surface area contributed by atoms with E-state index < -0.39 is 0 Å². The lowest BCUT2D eigenvalue weighted by Crippen LogP contribution is -2.25. The molecule has 21 heavy (non-hydrogen) atoms. The highest BCUT2D eigenvalue weighted by atomic mass is 79.9. The summed E-state index contributed by atoms with van der Waals surface area (Å²) in [7, 11) is 0. The van der Waals surface area contributed by atoms with Gasteiger partial charge in [0.05, 0.1) is 0 Å². The van der Waals surface area contributed by atoms with Gasteiger partial charge in [-0.3, -0.25) is 0 Å². The molecule has 1 N–H and O–H groups in total. The van der Waals surface area contributed by atoms with Crippen molar-refractivity contribution in [3.05, 3.63) is 33.6 Å². The zero-order valence-corrected chi connectivity index (χ0v) is 14.8. The molecule has 0 spiro atoms. The summed E-state index contributed by atoms with van der Waals surface area (Å²) >= 11 is 5.59. The molecule has 3 atom stereocenters. The molecule has 112 valence electrons. The van der Waals surface area contributed by atoms with E-state index in [0.717, 1.165) is 24.3 Å². The van der Waals surface area contributed by atoms with Crippen molar-refractivity contribution in [2.24, 2.45) is 17.8 Å². The molecule has 2 aliphatic rings. The van der Waals surface area contributed by atoms with Crippen LogP contribution < -0.4 is 5.32 Å². The molecule has 1 heterocycles. The summed E-state index contributed by atoms with van der Waals surface area (Å²) in [6.07, 6.45) is 5.60. The topological polar surface area (TPSA) is 12.0 Å². The van der Waals surface area contributed by atoms with Gasteiger partial charge < -0.3 is 5.32 Å². The molecule has 0 saturated heterocycles. The van der Waals surface area contributed by atoms with E-state index in [1.807, 2.05) is 11.3 Å². The first kappa shape index (κ1) is 14.2. The molecule has 3 heteroatoms. The average Bonchev–Trinajstić information content (AvgIpc) is 2.87.